The molecule has 1 N–H and O–H groups in total. The van der Waals surface area contributed by atoms with E-state index in [1.807, 2.05) is 0 Å². The molecule has 0 bridgehead atoms. The lowest BCUT2D eigenvalue weighted by Gasteiger charge is -2.19. The number of hydrogen-bond donors (Lipinski definition) is 1. The first-order chi connectivity index (χ1) is 12.9. The van der Waals surface area contributed by atoms with E-state index < -0.39 is 0 Å². The highest BCUT2D eigenvalue weighted by Gasteiger charge is 2.16. The van der Waals surface area contributed by atoms with Crippen molar-refractivity contribution in [3.05, 3.63) is 90.5 Å². The second kappa shape index (κ2) is 6.52. The molecule has 5 rings (SSSR count). The molecule has 0 fully saturated rings. The van der Waals surface area contributed by atoms with Crippen LogP contribution in [-0.4, -0.2) is 0 Å². The van der Waals surface area contributed by atoms with Crippen LogP contribution in [0.15, 0.2) is 84.9 Å². The highest BCUT2D eigenvalue weighted by Crippen LogP contribution is 2.38. The smallest absolute Gasteiger partial charge is 0.151 e. The van der Waals surface area contributed by atoms with Gasteiger partial charge in [-0.3, -0.25) is 0 Å². The topological polar surface area (TPSA) is 21.3 Å². The Morgan fingerprint density at radius 2 is 1.38 bits per heavy atom. The number of rotatable bonds is 2. The third-order valence-corrected chi connectivity index (χ3v) is 5.35. The Hall–Kier alpha value is -2.75. The van der Waals surface area contributed by atoms with Crippen LogP contribution >= 0.6 is 12.2 Å². The van der Waals surface area contributed by atoms with Crippen LogP contribution in [0, 0.1) is 0 Å². The van der Waals surface area contributed by atoms with Gasteiger partial charge in [0.15, 0.2) is 5.75 Å². The number of hydrogen-bond acceptors (Lipinski definition) is 3. The zero-order chi connectivity index (χ0) is 17.3. The number of benzene rings is 4. The Balaban J connectivity index is 1.58. The van der Waals surface area contributed by atoms with Crippen LogP contribution in [-0.2, 0) is 6.54 Å². The maximum atomic E-state index is 5.79. The molecule has 4 aromatic carbocycles. The predicted octanol–water partition coefficient (Wildman–Crippen LogP) is 6.22. The summed E-state index contributed by atoms with van der Waals surface area (Å²) in [4.78, 5) is 0. The van der Waals surface area contributed by atoms with E-state index in [-0.39, 0.29) is 0 Å². The quantitative estimate of drug-likeness (QED) is 0.341. The summed E-state index contributed by atoms with van der Waals surface area (Å²) in [6, 6.07) is 30.1. The SMILES string of the molecule is c1cc2c(c(-c3ccc(-c4cccc5ccccc45)cc3)c1)OSNC2. The van der Waals surface area contributed by atoms with E-state index in [9.17, 15) is 0 Å². The fourth-order valence-electron chi connectivity index (χ4n) is 3.53. The summed E-state index contributed by atoms with van der Waals surface area (Å²) < 4.78 is 8.95. The van der Waals surface area contributed by atoms with Gasteiger partial charge in [-0.25, -0.2) is 4.72 Å². The Bertz CT molecular complexity index is 1080. The van der Waals surface area contributed by atoms with Gasteiger partial charge in [-0.15, -0.1) is 0 Å². The summed E-state index contributed by atoms with van der Waals surface area (Å²) in [7, 11) is 0. The number of fused-ring (bicyclic) bond motifs is 2. The summed E-state index contributed by atoms with van der Waals surface area (Å²) in [6.07, 6.45) is 0. The average Bonchev–Trinajstić information content (AvgIpc) is 2.73. The molecule has 2 nitrogen and oxygen atoms in total. The van der Waals surface area contributed by atoms with Gasteiger partial charge >= 0.3 is 0 Å². The van der Waals surface area contributed by atoms with Crippen molar-refractivity contribution in [3.63, 3.8) is 0 Å². The van der Waals surface area contributed by atoms with Crippen molar-refractivity contribution in [1.29, 1.82) is 0 Å². The molecule has 1 aliphatic heterocycles. The van der Waals surface area contributed by atoms with Gasteiger partial charge in [0.1, 0.15) is 12.2 Å². The Morgan fingerprint density at radius 1 is 0.692 bits per heavy atom. The minimum absolute atomic E-state index is 0.821. The lowest BCUT2D eigenvalue weighted by molar-refractivity contribution is 0.602. The third kappa shape index (κ3) is 2.66. The Kier molecular flexibility index (Phi) is 3.89. The first-order valence-electron chi connectivity index (χ1n) is 8.67. The van der Waals surface area contributed by atoms with Gasteiger partial charge in [-0.05, 0) is 27.5 Å². The zero-order valence-electron chi connectivity index (χ0n) is 14.1. The molecule has 0 aliphatic carbocycles. The first-order valence-corrected chi connectivity index (χ1v) is 9.41. The van der Waals surface area contributed by atoms with Crippen molar-refractivity contribution >= 4 is 23.0 Å². The second-order valence-corrected chi connectivity index (χ2v) is 7.01. The summed E-state index contributed by atoms with van der Waals surface area (Å²) >= 11 is 1.30. The fraction of sp³-hybridized carbons (Fsp3) is 0.0435. The second-order valence-electron chi connectivity index (χ2n) is 6.39. The highest BCUT2D eigenvalue weighted by molar-refractivity contribution is 7.93. The van der Waals surface area contributed by atoms with Gasteiger partial charge in [0.2, 0.25) is 0 Å². The van der Waals surface area contributed by atoms with Crippen LogP contribution in [0.2, 0.25) is 0 Å². The van der Waals surface area contributed by atoms with Gasteiger partial charge < -0.3 is 4.18 Å². The maximum Gasteiger partial charge on any atom is 0.151 e. The molecule has 3 heteroatoms. The molecule has 0 saturated heterocycles. The largest absolute Gasteiger partial charge is 0.409 e. The van der Waals surface area contributed by atoms with Crippen LogP contribution in [0.3, 0.4) is 0 Å². The minimum atomic E-state index is 0.821. The Labute approximate surface area is 157 Å². The van der Waals surface area contributed by atoms with E-state index >= 15 is 0 Å². The van der Waals surface area contributed by atoms with Crippen molar-refractivity contribution in [2.75, 3.05) is 0 Å². The Morgan fingerprint density at radius 3 is 2.27 bits per heavy atom. The summed E-state index contributed by atoms with van der Waals surface area (Å²) in [5, 5.41) is 2.55. The molecule has 1 heterocycles. The van der Waals surface area contributed by atoms with Crippen molar-refractivity contribution in [3.8, 4) is 28.0 Å². The first kappa shape index (κ1) is 15.5. The van der Waals surface area contributed by atoms with Gasteiger partial charge in [0.25, 0.3) is 0 Å². The molecule has 1 aliphatic rings. The van der Waals surface area contributed by atoms with E-state index in [0.29, 0.717) is 0 Å². The van der Waals surface area contributed by atoms with Gasteiger partial charge in [0.05, 0.1) is 0 Å². The van der Waals surface area contributed by atoms with E-state index in [4.69, 9.17) is 4.18 Å². The van der Waals surface area contributed by atoms with Crippen LogP contribution < -0.4 is 8.91 Å². The van der Waals surface area contributed by atoms with Crippen LogP contribution in [0.25, 0.3) is 33.0 Å². The normalized spacial score (nSPS) is 13.2. The molecule has 0 spiro atoms. The summed E-state index contributed by atoms with van der Waals surface area (Å²) in [6.45, 7) is 0.821. The number of nitrogens with one attached hydrogen (secondary N) is 1. The van der Waals surface area contributed by atoms with Crippen LogP contribution in [0.4, 0.5) is 0 Å². The predicted molar refractivity (Wildman–Crippen MR) is 110 cm³/mol. The van der Waals surface area contributed by atoms with Gasteiger partial charge in [-0.2, -0.15) is 0 Å². The molecular formula is C23H17NOS. The van der Waals surface area contributed by atoms with Gasteiger partial charge in [0, 0.05) is 17.7 Å². The van der Waals surface area contributed by atoms with E-state index in [2.05, 4.69) is 89.7 Å². The molecule has 0 radical (unpaired) electrons. The molecule has 0 atom stereocenters. The molecule has 0 saturated carbocycles. The van der Waals surface area contributed by atoms with Crippen molar-refractivity contribution in [1.82, 2.24) is 4.72 Å². The maximum absolute atomic E-state index is 5.79. The molecule has 26 heavy (non-hydrogen) atoms. The van der Waals surface area contributed by atoms with Crippen molar-refractivity contribution in [2.45, 2.75) is 6.54 Å². The van der Waals surface area contributed by atoms with E-state index in [1.165, 1.54) is 45.3 Å². The highest BCUT2D eigenvalue weighted by atomic mass is 32.2. The molecule has 126 valence electrons. The monoisotopic (exact) mass is 355 g/mol. The van der Waals surface area contributed by atoms with E-state index in [1.54, 1.807) is 0 Å². The third-order valence-electron chi connectivity index (χ3n) is 4.84. The van der Waals surface area contributed by atoms with Crippen molar-refractivity contribution in [2.24, 2.45) is 0 Å². The lowest BCUT2D eigenvalue weighted by atomic mass is 9.95. The standard InChI is InChI=1S/C23H17NOS/c1-2-8-20-16(5-1)6-3-9-21(20)17-11-13-18(14-12-17)22-10-4-7-19-15-24-26-25-23(19)22/h1-14,24H,15H2. The molecule has 4 aromatic rings. The van der Waals surface area contributed by atoms with Crippen LogP contribution in [0.1, 0.15) is 5.56 Å². The van der Waals surface area contributed by atoms with Crippen molar-refractivity contribution < 1.29 is 4.18 Å². The fourth-order valence-corrected chi connectivity index (χ4v) is 4.09. The zero-order valence-corrected chi connectivity index (χ0v) is 14.9. The summed E-state index contributed by atoms with van der Waals surface area (Å²) in [5.41, 5.74) is 6.00. The average molecular weight is 355 g/mol. The minimum Gasteiger partial charge on any atom is -0.409 e. The molecule has 0 unspecified atom stereocenters. The summed E-state index contributed by atoms with van der Waals surface area (Å²) in [5.74, 6) is 0.967. The number of para-hydroxylation sites is 1. The van der Waals surface area contributed by atoms with E-state index in [0.717, 1.165) is 17.9 Å². The van der Waals surface area contributed by atoms with Gasteiger partial charge in [-0.1, -0.05) is 84.9 Å². The lowest BCUT2D eigenvalue weighted by Crippen LogP contribution is -2.12. The molecule has 0 amide bonds. The van der Waals surface area contributed by atoms with Crippen LogP contribution in [0.5, 0.6) is 5.75 Å². The molecular weight excluding hydrogens is 338 g/mol. The molecule has 0 aromatic heterocycles.